The molecular formula is C11H18O5. The molecule has 0 saturated heterocycles. The summed E-state index contributed by atoms with van der Waals surface area (Å²) in [5.41, 5.74) is 0.389. The van der Waals surface area contributed by atoms with Crippen LogP contribution in [-0.2, 0) is 14.3 Å². The SMILES string of the molecule is C=CC(=O)OCCCO.CC=C(C)C(=O)O. The lowest BCUT2D eigenvalue weighted by atomic mass is 10.3. The quantitative estimate of drug-likeness (QED) is 0.420. The number of carbonyl (C=O) groups is 2. The third-order valence-electron chi connectivity index (χ3n) is 1.48. The summed E-state index contributed by atoms with van der Waals surface area (Å²) < 4.78 is 4.51. The maximum absolute atomic E-state index is 10.3. The molecule has 0 saturated carbocycles. The summed E-state index contributed by atoms with van der Waals surface area (Å²) in [6.45, 7) is 6.77. The van der Waals surface area contributed by atoms with E-state index in [1.807, 2.05) is 0 Å². The molecule has 0 fully saturated rings. The van der Waals surface area contributed by atoms with Crippen molar-refractivity contribution in [2.24, 2.45) is 0 Å². The Morgan fingerprint density at radius 2 is 2.00 bits per heavy atom. The third kappa shape index (κ3) is 12.4. The average molecular weight is 230 g/mol. The maximum Gasteiger partial charge on any atom is 0.330 e. The zero-order valence-electron chi connectivity index (χ0n) is 9.60. The minimum Gasteiger partial charge on any atom is -0.478 e. The molecule has 0 rings (SSSR count). The van der Waals surface area contributed by atoms with Crippen LogP contribution in [0, 0.1) is 0 Å². The highest BCUT2D eigenvalue weighted by Gasteiger charge is 1.93. The first-order valence-corrected chi connectivity index (χ1v) is 4.75. The van der Waals surface area contributed by atoms with Crippen LogP contribution in [0.25, 0.3) is 0 Å². The van der Waals surface area contributed by atoms with Gasteiger partial charge in [-0.05, 0) is 13.8 Å². The second kappa shape index (κ2) is 11.5. The second-order valence-electron chi connectivity index (χ2n) is 2.73. The minimum absolute atomic E-state index is 0.0461. The number of carboxylic acid groups (broad SMARTS) is 1. The molecule has 92 valence electrons. The second-order valence-corrected chi connectivity index (χ2v) is 2.73. The molecule has 0 unspecified atom stereocenters. The molecule has 0 aliphatic carbocycles. The van der Waals surface area contributed by atoms with Crippen LogP contribution >= 0.6 is 0 Å². The molecule has 0 radical (unpaired) electrons. The van der Waals surface area contributed by atoms with Crippen LogP contribution < -0.4 is 0 Å². The lowest BCUT2D eigenvalue weighted by Crippen LogP contribution is -2.02. The predicted octanol–water partition coefficient (Wildman–Crippen LogP) is 1.14. The molecule has 0 aliphatic heterocycles. The topological polar surface area (TPSA) is 83.8 Å². The van der Waals surface area contributed by atoms with Crippen molar-refractivity contribution in [3.63, 3.8) is 0 Å². The van der Waals surface area contributed by atoms with E-state index < -0.39 is 11.9 Å². The van der Waals surface area contributed by atoms with Gasteiger partial charge in [-0.2, -0.15) is 0 Å². The highest BCUT2D eigenvalue weighted by atomic mass is 16.5. The molecule has 0 spiro atoms. The van der Waals surface area contributed by atoms with Crippen LogP contribution in [0.1, 0.15) is 20.3 Å². The number of esters is 1. The Kier molecular flexibility index (Phi) is 12.0. The molecule has 0 bridgehead atoms. The van der Waals surface area contributed by atoms with Gasteiger partial charge in [-0.25, -0.2) is 9.59 Å². The van der Waals surface area contributed by atoms with Gasteiger partial charge in [0.15, 0.2) is 0 Å². The van der Waals surface area contributed by atoms with Gasteiger partial charge in [0, 0.05) is 24.7 Å². The van der Waals surface area contributed by atoms with E-state index in [9.17, 15) is 9.59 Å². The Morgan fingerprint density at radius 3 is 2.25 bits per heavy atom. The summed E-state index contributed by atoms with van der Waals surface area (Å²) in [4.78, 5) is 20.1. The zero-order chi connectivity index (χ0) is 13.0. The van der Waals surface area contributed by atoms with Gasteiger partial charge >= 0.3 is 11.9 Å². The van der Waals surface area contributed by atoms with Crippen molar-refractivity contribution in [2.75, 3.05) is 13.2 Å². The van der Waals surface area contributed by atoms with E-state index in [0.717, 1.165) is 6.08 Å². The van der Waals surface area contributed by atoms with Crippen LogP contribution in [0.4, 0.5) is 0 Å². The first-order valence-electron chi connectivity index (χ1n) is 4.75. The van der Waals surface area contributed by atoms with Crippen molar-refractivity contribution < 1.29 is 24.5 Å². The van der Waals surface area contributed by atoms with Gasteiger partial charge in [0.1, 0.15) is 0 Å². The van der Waals surface area contributed by atoms with Gasteiger partial charge in [-0.15, -0.1) is 0 Å². The van der Waals surface area contributed by atoms with Crippen molar-refractivity contribution in [1.29, 1.82) is 0 Å². The Bertz CT molecular complexity index is 255. The van der Waals surface area contributed by atoms with Crippen LogP contribution in [0.5, 0.6) is 0 Å². The van der Waals surface area contributed by atoms with Crippen molar-refractivity contribution in [3.05, 3.63) is 24.3 Å². The predicted molar refractivity (Wildman–Crippen MR) is 59.9 cm³/mol. The Labute approximate surface area is 95.0 Å². The number of hydrogen-bond donors (Lipinski definition) is 2. The van der Waals surface area contributed by atoms with Crippen molar-refractivity contribution in [2.45, 2.75) is 20.3 Å². The van der Waals surface area contributed by atoms with Gasteiger partial charge in [-0.3, -0.25) is 0 Å². The Balaban J connectivity index is 0. The minimum atomic E-state index is -0.845. The molecule has 16 heavy (non-hydrogen) atoms. The highest BCUT2D eigenvalue weighted by molar-refractivity contribution is 5.85. The van der Waals surface area contributed by atoms with Crippen molar-refractivity contribution in [3.8, 4) is 0 Å². The summed E-state index contributed by atoms with van der Waals surface area (Å²) in [7, 11) is 0. The zero-order valence-corrected chi connectivity index (χ0v) is 9.60. The number of hydrogen-bond acceptors (Lipinski definition) is 4. The highest BCUT2D eigenvalue weighted by Crippen LogP contribution is 1.87. The molecule has 0 amide bonds. The molecule has 0 aromatic carbocycles. The van der Waals surface area contributed by atoms with Crippen LogP contribution in [0.2, 0.25) is 0 Å². The first-order chi connectivity index (χ1) is 7.49. The van der Waals surface area contributed by atoms with E-state index in [4.69, 9.17) is 10.2 Å². The first kappa shape index (κ1) is 16.8. The van der Waals surface area contributed by atoms with Gasteiger partial charge < -0.3 is 14.9 Å². The Hall–Kier alpha value is -1.62. The Morgan fingerprint density at radius 1 is 1.44 bits per heavy atom. The van der Waals surface area contributed by atoms with Crippen LogP contribution in [0.3, 0.4) is 0 Å². The monoisotopic (exact) mass is 230 g/mol. The summed E-state index contributed by atoms with van der Waals surface area (Å²) in [6.07, 6.45) is 3.14. The molecule has 5 nitrogen and oxygen atoms in total. The van der Waals surface area contributed by atoms with Crippen LogP contribution in [0.15, 0.2) is 24.3 Å². The summed E-state index contributed by atoms with van der Waals surface area (Å²) in [5.74, 6) is -1.29. The number of aliphatic carboxylic acids is 1. The van der Waals surface area contributed by atoms with E-state index >= 15 is 0 Å². The van der Waals surface area contributed by atoms with E-state index in [-0.39, 0.29) is 13.2 Å². The molecule has 5 heteroatoms. The number of carboxylic acids is 1. The fourth-order valence-corrected chi connectivity index (χ4v) is 0.420. The number of allylic oxidation sites excluding steroid dienone is 1. The molecule has 0 aliphatic rings. The van der Waals surface area contributed by atoms with Gasteiger partial charge in [0.2, 0.25) is 0 Å². The fourth-order valence-electron chi connectivity index (χ4n) is 0.420. The third-order valence-corrected chi connectivity index (χ3v) is 1.48. The lowest BCUT2D eigenvalue weighted by Gasteiger charge is -1.96. The molecule has 0 aromatic heterocycles. The number of aliphatic hydroxyl groups excluding tert-OH is 1. The van der Waals surface area contributed by atoms with Gasteiger partial charge in [0.05, 0.1) is 6.61 Å². The molecular weight excluding hydrogens is 212 g/mol. The number of carbonyl (C=O) groups excluding carboxylic acids is 1. The number of aliphatic hydroxyl groups is 1. The largest absolute Gasteiger partial charge is 0.478 e. The number of ether oxygens (including phenoxy) is 1. The number of rotatable bonds is 5. The van der Waals surface area contributed by atoms with Crippen molar-refractivity contribution in [1.82, 2.24) is 0 Å². The molecule has 0 aromatic rings. The van der Waals surface area contributed by atoms with Crippen LogP contribution in [-0.4, -0.2) is 35.4 Å². The van der Waals surface area contributed by atoms with Gasteiger partial charge in [0.25, 0.3) is 0 Å². The molecule has 2 N–H and O–H groups in total. The summed E-state index contributed by atoms with van der Waals surface area (Å²) in [6, 6.07) is 0. The fraction of sp³-hybridized carbons (Fsp3) is 0.455. The van der Waals surface area contributed by atoms with E-state index in [0.29, 0.717) is 12.0 Å². The summed E-state index contributed by atoms with van der Waals surface area (Å²) >= 11 is 0. The smallest absolute Gasteiger partial charge is 0.330 e. The molecule has 0 heterocycles. The maximum atomic E-state index is 10.3. The summed E-state index contributed by atoms with van der Waals surface area (Å²) in [5, 5.41) is 16.3. The van der Waals surface area contributed by atoms with E-state index in [1.165, 1.54) is 0 Å². The molecule has 0 atom stereocenters. The lowest BCUT2D eigenvalue weighted by molar-refractivity contribution is -0.138. The van der Waals surface area contributed by atoms with E-state index in [2.05, 4.69) is 11.3 Å². The van der Waals surface area contributed by atoms with E-state index in [1.54, 1.807) is 19.9 Å². The average Bonchev–Trinajstić information content (AvgIpc) is 2.28. The van der Waals surface area contributed by atoms with Gasteiger partial charge in [-0.1, -0.05) is 12.7 Å². The van der Waals surface area contributed by atoms with Crippen molar-refractivity contribution >= 4 is 11.9 Å². The normalized spacial score (nSPS) is 9.81. The standard InChI is InChI=1S/C6H10O3.C5H8O2/c1-2-6(8)9-5-3-4-7;1-3-4(2)5(6)7/h2,7H,1,3-5H2;3H,1-2H3,(H,6,7).